The third kappa shape index (κ3) is 22.2. The molecule has 0 saturated heterocycles. The minimum absolute atomic E-state index is 0.00671. The van der Waals surface area contributed by atoms with E-state index in [1.807, 2.05) is 48.5 Å². The van der Waals surface area contributed by atoms with Gasteiger partial charge in [0.1, 0.15) is 17.9 Å². The van der Waals surface area contributed by atoms with Crippen molar-refractivity contribution in [1.82, 2.24) is 38.2 Å². The van der Waals surface area contributed by atoms with E-state index in [-0.39, 0.29) is 49.7 Å². The van der Waals surface area contributed by atoms with Crippen molar-refractivity contribution in [2.45, 2.75) is 118 Å². The Balaban J connectivity index is 0.000000212. The van der Waals surface area contributed by atoms with Gasteiger partial charge in [-0.2, -0.15) is 0 Å². The van der Waals surface area contributed by atoms with Crippen LogP contribution in [0.15, 0.2) is 148 Å². The first-order valence-electron chi connectivity index (χ1n) is 27.9. The van der Waals surface area contributed by atoms with Gasteiger partial charge in [0, 0.05) is 78.5 Å². The van der Waals surface area contributed by atoms with E-state index in [2.05, 4.69) is 31.8 Å². The number of hydrogen-bond acceptors (Lipinski definition) is 12. The van der Waals surface area contributed by atoms with Crippen LogP contribution in [-0.4, -0.2) is 79.0 Å². The summed E-state index contributed by atoms with van der Waals surface area (Å²) in [7, 11) is 0. The van der Waals surface area contributed by atoms with Crippen molar-refractivity contribution in [3.8, 4) is 11.8 Å². The molecule has 0 bridgehead atoms. The van der Waals surface area contributed by atoms with Crippen LogP contribution in [0.1, 0.15) is 112 Å². The third-order valence-corrected chi connectivity index (χ3v) is 13.3. The van der Waals surface area contributed by atoms with Crippen LogP contribution in [0.25, 0.3) is 0 Å². The second-order valence-corrected chi connectivity index (χ2v) is 20.4. The summed E-state index contributed by atoms with van der Waals surface area (Å²) >= 11 is 0. The Hall–Kier alpha value is -9.92. The van der Waals surface area contributed by atoms with Gasteiger partial charge in [-0.25, -0.2) is 28.0 Å². The highest BCUT2D eigenvalue weighted by atomic mass is 19.1. The number of aliphatic hydroxyl groups excluding tert-OH is 2. The lowest BCUT2D eigenvalue weighted by molar-refractivity contribution is -0.137. The van der Waals surface area contributed by atoms with Crippen molar-refractivity contribution in [1.29, 1.82) is 0 Å². The minimum Gasteiger partial charge on any atom is -0.481 e. The number of carboxylic acid groups (broad SMARTS) is 1. The lowest BCUT2D eigenvalue weighted by Crippen LogP contribution is -2.31. The maximum atomic E-state index is 14.0. The summed E-state index contributed by atoms with van der Waals surface area (Å²) in [6.45, 7) is 7.96. The van der Waals surface area contributed by atoms with Crippen molar-refractivity contribution in [3.05, 3.63) is 271 Å². The number of benzene rings is 4. The molecule has 8 rings (SSSR count). The second-order valence-electron chi connectivity index (χ2n) is 20.4. The average molecular weight is 1200 g/mol. The lowest BCUT2D eigenvalue weighted by Gasteiger charge is -2.08. The zero-order chi connectivity index (χ0) is 63.6. The molecule has 4 heterocycles. The Morgan fingerprint density at radius 2 is 0.851 bits per heavy atom. The molecule has 0 aliphatic carbocycles. The molecule has 0 atom stereocenters. The summed E-state index contributed by atoms with van der Waals surface area (Å²) in [5.41, 5.74) is 4.65. The van der Waals surface area contributed by atoms with E-state index in [1.165, 1.54) is 48.4 Å². The number of carbonyl (C=O) groups excluding carboxylic acids is 1. The number of halogens is 2. The fraction of sp³-hybridized carbons (Fsp3) is 0.312. The summed E-state index contributed by atoms with van der Waals surface area (Å²) < 4.78 is 33.6. The molecular weight excluding hydrogens is 1130 g/mol. The van der Waals surface area contributed by atoms with E-state index in [1.54, 1.807) is 64.4 Å². The maximum absolute atomic E-state index is 14.0. The topological polar surface area (TPSA) is 314 Å². The molecule has 4 aromatic carbocycles. The van der Waals surface area contributed by atoms with Gasteiger partial charge in [-0.15, -0.1) is 0 Å². The summed E-state index contributed by atoms with van der Waals surface area (Å²) in [4.78, 5) is 122. The smallest absolute Gasteiger partial charge is 0.328 e. The van der Waals surface area contributed by atoms with Crippen LogP contribution >= 0.6 is 0 Å². The normalized spacial score (nSPS) is 10.5. The molecule has 87 heavy (non-hydrogen) atoms. The van der Waals surface area contributed by atoms with Gasteiger partial charge in [-0.1, -0.05) is 72.5 Å². The molecule has 0 amide bonds. The van der Waals surface area contributed by atoms with Crippen molar-refractivity contribution >= 4 is 12.3 Å². The minimum atomic E-state index is -0.908. The molecule has 0 aliphatic rings. The number of aldehydes is 1. The molecule has 8 aromatic rings. The Kier molecular flexibility index (Phi) is 26.6. The molecule has 0 saturated carbocycles. The first-order valence-corrected chi connectivity index (χ1v) is 27.9. The van der Waals surface area contributed by atoms with Gasteiger partial charge in [0.2, 0.25) is 0 Å². The largest absolute Gasteiger partial charge is 0.481 e. The number of rotatable bonds is 21. The summed E-state index contributed by atoms with van der Waals surface area (Å²) in [5, 5.41) is 26.0. The summed E-state index contributed by atoms with van der Waals surface area (Å²) in [6.07, 6.45) is 12.2. The van der Waals surface area contributed by atoms with Crippen LogP contribution in [0.5, 0.6) is 0 Å². The molecule has 0 unspecified atom stereocenters. The third-order valence-electron chi connectivity index (χ3n) is 13.3. The van der Waals surface area contributed by atoms with Crippen molar-refractivity contribution in [3.63, 3.8) is 0 Å². The van der Waals surface area contributed by atoms with Crippen molar-refractivity contribution in [2.24, 2.45) is 0 Å². The Bertz CT molecular complexity index is 4200. The zero-order valence-electron chi connectivity index (χ0n) is 48.8. The second kappa shape index (κ2) is 34.1. The Morgan fingerprint density at radius 3 is 1.22 bits per heavy atom. The van der Waals surface area contributed by atoms with Crippen LogP contribution < -0.4 is 45.0 Å². The van der Waals surface area contributed by atoms with E-state index >= 15 is 0 Å². The van der Waals surface area contributed by atoms with Gasteiger partial charge in [-0.05, 0) is 136 Å². The SMILES string of the molecule is Cc1cn(Cc2ccc(C#CCCO)cc2)c(=O)[nH]c1=O.Cc1cn(Cc2ccc(CCCC(=O)O)c(F)c2)c(=O)[nH]c1=O.Cc1cn(Cc2ccc(CCCC=O)c(F)c2)c(=O)[nH]c1=O.Cc1cn(Cc2ccc(CCCCO)cc2)c(=O)[nH]c1=O. The number of aromatic nitrogens is 8. The van der Waals surface area contributed by atoms with Gasteiger partial charge in [0.25, 0.3) is 22.2 Å². The highest BCUT2D eigenvalue weighted by molar-refractivity contribution is 5.66. The molecule has 458 valence electrons. The van der Waals surface area contributed by atoms with E-state index in [9.17, 15) is 56.7 Å². The van der Waals surface area contributed by atoms with E-state index in [0.717, 1.165) is 42.2 Å². The number of aromatic amines is 4. The molecule has 0 spiro atoms. The summed E-state index contributed by atoms with van der Waals surface area (Å²) in [6, 6.07) is 24.9. The van der Waals surface area contributed by atoms with Gasteiger partial charge < -0.3 is 20.1 Å². The standard InChI is InChI=1S/C16H17FN2O4.C16H17FN2O3.C16H20N2O3.C16H16N2O3/c1-10-8-19(16(23)18-15(10)22)9-11-5-6-12(13(17)7-11)3-2-4-14(20)21;1-11-9-19(16(22)18-15(11)21)10-12-5-6-13(14(17)8-12)4-2-3-7-20;2*1-12-10-18(16(21)17-15(12)20)11-14-7-5-13(6-8-14)4-2-3-9-19/h5-8H,2-4,9H2,1H3,(H,20,21)(H,18,22,23);5-9H,2-4,10H2,1H3,(H,18,21,22);5-8,10,19H,2-4,9,11H2,1H3,(H,17,20,21);5-8,10,19H,3,9,11H2,1H3,(H,17,20,21). The van der Waals surface area contributed by atoms with E-state index in [4.69, 9.17) is 15.3 Å². The fourth-order valence-electron chi connectivity index (χ4n) is 8.49. The first-order chi connectivity index (χ1) is 41.6. The van der Waals surface area contributed by atoms with Gasteiger partial charge >= 0.3 is 28.7 Å². The Labute approximate surface area is 497 Å². The van der Waals surface area contributed by atoms with Crippen LogP contribution in [-0.2, 0) is 55.0 Å². The Morgan fingerprint density at radius 1 is 0.483 bits per heavy atom. The molecular formula is C64H70F2N8O13. The first kappa shape index (κ1) is 67.9. The van der Waals surface area contributed by atoms with Gasteiger partial charge in [0.05, 0.1) is 32.8 Å². The van der Waals surface area contributed by atoms with Crippen molar-refractivity contribution in [2.75, 3.05) is 13.2 Å². The number of hydrogen-bond donors (Lipinski definition) is 7. The number of carbonyl (C=O) groups is 2. The van der Waals surface area contributed by atoms with Crippen LogP contribution in [0.4, 0.5) is 8.78 Å². The van der Waals surface area contributed by atoms with Gasteiger partial charge in [-0.3, -0.25) is 62.2 Å². The number of aryl methyl sites for hydroxylation is 7. The predicted molar refractivity (Wildman–Crippen MR) is 325 cm³/mol. The number of unbranched alkanes of at least 4 members (excludes halogenated alkanes) is 2. The van der Waals surface area contributed by atoms with Crippen LogP contribution in [0.2, 0.25) is 0 Å². The maximum Gasteiger partial charge on any atom is 0.328 e. The van der Waals surface area contributed by atoms with Gasteiger partial charge in [0.15, 0.2) is 0 Å². The lowest BCUT2D eigenvalue weighted by atomic mass is 10.1. The van der Waals surface area contributed by atoms with Crippen LogP contribution in [0.3, 0.4) is 0 Å². The number of carboxylic acids is 1. The number of nitrogens with zero attached hydrogens (tertiary/aromatic N) is 4. The molecule has 4 aromatic heterocycles. The monoisotopic (exact) mass is 1200 g/mol. The predicted octanol–water partition coefficient (Wildman–Crippen LogP) is 4.83. The summed E-state index contributed by atoms with van der Waals surface area (Å²) in [5.74, 6) is 4.10. The molecule has 21 nitrogen and oxygen atoms in total. The highest BCUT2D eigenvalue weighted by Crippen LogP contribution is 2.16. The number of H-pyrrole nitrogens is 4. The molecule has 7 N–H and O–H groups in total. The number of aliphatic carboxylic acids is 1. The average Bonchev–Trinajstić information content (AvgIpc) is 3.39. The number of aliphatic hydroxyl groups is 2. The van der Waals surface area contributed by atoms with Crippen molar-refractivity contribution < 1.29 is 33.7 Å². The highest BCUT2D eigenvalue weighted by Gasteiger charge is 2.10. The molecule has 0 radical (unpaired) electrons. The molecule has 23 heteroatoms. The molecule has 0 fully saturated rings. The number of nitrogens with one attached hydrogen (secondary N) is 4. The quantitative estimate of drug-likeness (QED) is 0.0289. The van der Waals surface area contributed by atoms with E-state index < -0.39 is 45.7 Å². The molecule has 0 aliphatic heterocycles. The van der Waals surface area contributed by atoms with E-state index in [0.29, 0.717) is 96.1 Å². The van der Waals surface area contributed by atoms with Crippen LogP contribution in [0, 0.1) is 51.2 Å². The zero-order valence-corrected chi connectivity index (χ0v) is 48.8. The fourth-order valence-corrected chi connectivity index (χ4v) is 8.49.